The van der Waals surface area contributed by atoms with Crippen LogP contribution in [-0.2, 0) is 4.79 Å². The second-order valence-electron chi connectivity index (χ2n) is 5.37. The highest BCUT2D eigenvalue weighted by atomic mass is 32.1. The largest absolute Gasteiger partial charge is 0.347 e. The van der Waals surface area contributed by atoms with Crippen molar-refractivity contribution in [1.29, 1.82) is 0 Å². The van der Waals surface area contributed by atoms with Gasteiger partial charge in [-0.25, -0.2) is 0 Å². The van der Waals surface area contributed by atoms with Gasteiger partial charge in [0.05, 0.1) is 11.6 Å². The standard InChI is InChI=1S/C14H24N2OS/c1-6-15-14(4,5)13(17)16-12(10(2)3)11-8-7-9-18-11/h7-10,12,15H,6H2,1-5H3,(H,16,17). The molecule has 1 aromatic rings. The summed E-state index contributed by atoms with van der Waals surface area (Å²) in [5.41, 5.74) is -0.529. The maximum Gasteiger partial charge on any atom is 0.240 e. The van der Waals surface area contributed by atoms with Gasteiger partial charge in [-0.2, -0.15) is 0 Å². The lowest BCUT2D eigenvalue weighted by Gasteiger charge is -2.29. The predicted octanol–water partition coefficient (Wildman–Crippen LogP) is 2.95. The minimum absolute atomic E-state index is 0.0523. The predicted molar refractivity (Wildman–Crippen MR) is 77.8 cm³/mol. The van der Waals surface area contributed by atoms with Crippen molar-refractivity contribution in [3.8, 4) is 0 Å². The van der Waals surface area contributed by atoms with E-state index in [1.165, 1.54) is 4.88 Å². The monoisotopic (exact) mass is 268 g/mol. The van der Waals surface area contributed by atoms with Crippen molar-refractivity contribution in [3.05, 3.63) is 22.4 Å². The van der Waals surface area contributed by atoms with Crippen LogP contribution >= 0.6 is 11.3 Å². The summed E-state index contributed by atoms with van der Waals surface area (Å²) in [7, 11) is 0. The summed E-state index contributed by atoms with van der Waals surface area (Å²) < 4.78 is 0. The van der Waals surface area contributed by atoms with E-state index in [0.29, 0.717) is 5.92 Å². The lowest BCUT2D eigenvalue weighted by atomic mass is 9.99. The molecule has 0 saturated heterocycles. The normalized spacial score (nSPS) is 13.7. The molecule has 0 radical (unpaired) electrons. The van der Waals surface area contributed by atoms with Crippen LogP contribution in [0.3, 0.4) is 0 Å². The average Bonchev–Trinajstić information content (AvgIpc) is 2.77. The zero-order valence-corrected chi connectivity index (χ0v) is 12.7. The van der Waals surface area contributed by atoms with Gasteiger partial charge in [0.15, 0.2) is 0 Å². The number of likely N-dealkylation sites (N-methyl/N-ethyl adjacent to an activating group) is 1. The molecule has 0 fully saturated rings. The van der Waals surface area contributed by atoms with E-state index in [1.54, 1.807) is 11.3 Å². The number of carbonyl (C=O) groups is 1. The molecule has 0 aliphatic heterocycles. The summed E-state index contributed by atoms with van der Waals surface area (Å²) in [6.45, 7) is 10.9. The smallest absolute Gasteiger partial charge is 0.240 e. The third kappa shape index (κ3) is 3.82. The number of rotatable bonds is 6. The van der Waals surface area contributed by atoms with Gasteiger partial charge in [-0.3, -0.25) is 4.79 Å². The molecule has 1 heterocycles. The number of amides is 1. The maximum atomic E-state index is 12.3. The molecule has 1 rings (SSSR count). The Labute approximate surface area is 114 Å². The zero-order valence-electron chi connectivity index (χ0n) is 11.9. The van der Waals surface area contributed by atoms with E-state index in [9.17, 15) is 4.79 Å². The third-order valence-electron chi connectivity index (χ3n) is 2.99. The zero-order chi connectivity index (χ0) is 13.8. The molecule has 3 nitrogen and oxygen atoms in total. The summed E-state index contributed by atoms with van der Waals surface area (Å²) in [6.07, 6.45) is 0. The maximum absolute atomic E-state index is 12.3. The first-order chi connectivity index (χ1) is 8.38. The molecule has 0 saturated carbocycles. The van der Waals surface area contributed by atoms with E-state index < -0.39 is 5.54 Å². The topological polar surface area (TPSA) is 41.1 Å². The Morgan fingerprint density at radius 1 is 1.44 bits per heavy atom. The molecule has 2 N–H and O–H groups in total. The van der Waals surface area contributed by atoms with Crippen LogP contribution in [0.25, 0.3) is 0 Å². The van der Waals surface area contributed by atoms with Crippen LogP contribution < -0.4 is 10.6 Å². The molecule has 0 bridgehead atoms. The fourth-order valence-electron chi connectivity index (χ4n) is 1.88. The highest BCUT2D eigenvalue weighted by Gasteiger charge is 2.29. The van der Waals surface area contributed by atoms with Crippen molar-refractivity contribution in [1.82, 2.24) is 10.6 Å². The molecule has 0 aliphatic carbocycles. The quantitative estimate of drug-likeness (QED) is 0.833. The van der Waals surface area contributed by atoms with Crippen LogP contribution in [0.2, 0.25) is 0 Å². The SMILES string of the molecule is CCNC(C)(C)C(=O)NC(c1cccs1)C(C)C. The Hall–Kier alpha value is -0.870. The van der Waals surface area contributed by atoms with Crippen LogP contribution in [-0.4, -0.2) is 18.0 Å². The number of hydrogen-bond acceptors (Lipinski definition) is 3. The second kappa shape index (κ2) is 6.34. The van der Waals surface area contributed by atoms with E-state index in [2.05, 4.69) is 30.5 Å². The summed E-state index contributed by atoms with van der Waals surface area (Å²) in [6, 6.07) is 4.20. The molecule has 1 aromatic heterocycles. The Morgan fingerprint density at radius 2 is 2.11 bits per heavy atom. The molecule has 0 aliphatic rings. The van der Waals surface area contributed by atoms with Gasteiger partial charge in [0.1, 0.15) is 0 Å². The molecule has 102 valence electrons. The highest BCUT2D eigenvalue weighted by molar-refractivity contribution is 7.10. The second-order valence-corrected chi connectivity index (χ2v) is 6.35. The fourth-order valence-corrected chi connectivity index (χ4v) is 2.83. The van der Waals surface area contributed by atoms with Crippen LogP contribution in [0.1, 0.15) is 45.5 Å². The van der Waals surface area contributed by atoms with Gasteiger partial charge in [-0.1, -0.05) is 26.8 Å². The Balaban J connectivity index is 2.77. The Bertz CT molecular complexity index is 371. The van der Waals surface area contributed by atoms with E-state index in [4.69, 9.17) is 0 Å². The van der Waals surface area contributed by atoms with E-state index >= 15 is 0 Å². The summed E-state index contributed by atoms with van der Waals surface area (Å²) in [5.74, 6) is 0.432. The summed E-state index contributed by atoms with van der Waals surface area (Å²) >= 11 is 1.69. The first kappa shape index (κ1) is 15.2. The fraction of sp³-hybridized carbons (Fsp3) is 0.643. The highest BCUT2D eigenvalue weighted by Crippen LogP contribution is 2.26. The average molecular weight is 268 g/mol. The van der Waals surface area contributed by atoms with E-state index in [1.807, 2.05) is 32.2 Å². The van der Waals surface area contributed by atoms with Crippen molar-refractivity contribution in [2.45, 2.75) is 46.2 Å². The lowest BCUT2D eigenvalue weighted by Crippen LogP contribution is -2.53. The first-order valence-electron chi connectivity index (χ1n) is 6.48. The number of thiophene rings is 1. The van der Waals surface area contributed by atoms with Crippen molar-refractivity contribution in [2.75, 3.05) is 6.54 Å². The Morgan fingerprint density at radius 3 is 2.56 bits per heavy atom. The van der Waals surface area contributed by atoms with E-state index in [0.717, 1.165) is 6.54 Å². The van der Waals surface area contributed by atoms with Crippen LogP contribution in [0.5, 0.6) is 0 Å². The van der Waals surface area contributed by atoms with Gasteiger partial charge < -0.3 is 10.6 Å². The summed E-state index contributed by atoms with van der Waals surface area (Å²) in [5, 5.41) is 8.40. The molecule has 0 aromatic carbocycles. The molecule has 1 amide bonds. The van der Waals surface area contributed by atoms with Gasteiger partial charge in [0.25, 0.3) is 0 Å². The van der Waals surface area contributed by atoms with Gasteiger partial charge >= 0.3 is 0 Å². The molecular formula is C14H24N2OS. The summed E-state index contributed by atoms with van der Waals surface area (Å²) in [4.78, 5) is 13.5. The van der Waals surface area contributed by atoms with Gasteiger partial charge in [0, 0.05) is 4.88 Å². The van der Waals surface area contributed by atoms with Crippen LogP contribution in [0.4, 0.5) is 0 Å². The van der Waals surface area contributed by atoms with Crippen molar-refractivity contribution < 1.29 is 4.79 Å². The third-order valence-corrected chi connectivity index (χ3v) is 3.94. The van der Waals surface area contributed by atoms with Crippen molar-refractivity contribution in [2.24, 2.45) is 5.92 Å². The number of hydrogen-bond donors (Lipinski definition) is 2. The van der Waals surface area contributed by atoms with E-state index in [-0.39, 0.29) is 11.9 Å². The van der Waals surface area contributed by atoms with Crippen LogP contribution in [0, 0.1) is 5.92 Å². The lowest BCUT2D eigenvalue weighted by molar-refractivity contribution is -0.127. The van der Waals surface area contributed by atoms with Crippen LogP contribution in [0.15, 0.2) is 17.5 Å². The van der Waals surface area contributed by atoms with Gasteiger partial charge in [-0.05, 0) is 37.8 Å². The molecule has 1 unspecified atom stereocenters. The van der Waals surface area contributed by atoms with Gasteiger partial charge in [-0.15, -0.1) is 11.3 Å². The minimum atomic E-state index is -0.529. The van der Waals surface area contributed by atoms with Crippen molar-refractivity contribution >= 4 is 17.2 Å². The first-order valence-corrected chi connectivity index (χ1v) is 7.35. The Kier molecular flexibility index (Phi) is 5.35. The number of nitrogens with one attached hydrogen (secondary N) is 2. The molecular weight excluding hydrogens is 244 g/mol. The molecule has 18 heavy (non-hydrogen) atoms. The molecule has 1 atom stereocenters. The van der Waals surface area contributed by atoms with Crippen molar-refractivity contribution in [3.63, 3.8) is 0 Å². The minimum Gasteiger partial charge on any atom is -0.347 e. The van der Waals surface area contributed by atoms with Gasteiger partial charge in [0.2, 0.25) is 5.91 Å². The molecule has 0 spiro atoms. The molecule has 4 heteroatoms. The number of carbonyl (C=O) groups excluding carboxylic acids is 1.